The quantitative estimate of drug-likeness (QED) is 0.915. The molecule has 1 N–H and O–H groups in total. The van der Waals surface area contributed by atoms with E-state index in [-0.39, 0.29) is 5.91 Å². The second-order valence-corrected chi connectivity index (χ2v) is 5.08. The second kappa shape index (κ2) is 4.95. The van der Waals surface area contributed by atoms with Crippen LogP contribution in [0.4, 0.5) is 5.13 Å². The summed E-state index contributed by atoms with van der Waals surface area (Å²) in [5, 5.41) is 5.55. The van der Waals surface area contributed by atoms with E-state index >= 15 is 0 Å². The Bertz CT molecular complexity index is 516. The van der Waals surface area contributed by atoms with Crippen molar-refractivity contribution >= 4 is 49.9 Å². The van der Waals surface area contributed by atoms with Crippen molar-refractivity contribution in [3.8, 4) is 0 Å². The SMILES string of the molecule is O=C(Nc1nccs1)c1ccc(Br)c(Cl)c1. The summed E-state index contributed by atoms with van der Waals surface area (Å²) in [5.41, 5.74) is 0.503. The van der Waals surface area contributed by atoms with Crippen LogP contribution in [0.25, 0.3) is 0 Å². The van der Waals surface area contributed by atoms with Gasteiger partial charge in [0.15, 0.2) is 5.13 Å². The van der Waals surface area contributed by atoms with E-state index in [4.69, 9.17) is 11.6 Å². The topological polar surface area (TPSA) is 42.0 Å². The fourth-order valence-corrected chi connectivity index (χ4v) is 2.04. The van der Waals surface area contributed by atoms with Crippen molar-refractivity contribution in [2.24, 2.45) is 0 Å². The van der Waals surface area contributed by atoms with E-state index in [0.717, 1.165) is 4.47 Å². The van der Waals surface area contributed by atoms with Gasteiger partial charge in [-0.15, -0.1) is 11.3 Å². The maximum atomic E-state index is 11.8. The van der Waals surface area contributed by atoms with E-state index in [1.165, 1.54) is 11.3 Å². The molecule has 2 rings (SSSR count). The second-order valence-electron chi connectivity index (χ2n) is 2.92. The smallest absolute Gasteiger partial charge is 0.257 e. The van der Waals surface area contributed by atoms with E-state index < -0.39 is 0 Å². The highest BCUT2D eigenvalue weighted by Crippen LogP contribution is 2.23. The summed E-state index contributed by atoms with van der Waals surface area (Å²) in [6, 6.07) is 5.03. The molecule has 2 aromatic rings. The highest BCUT2D eigenvalue weighted by Gasteiger charge is 2.09. The number of carbonyl (C=O) groups excluding carboxylic acids is 1. The molecule has 0 aliphatic carbocycles. The third-order valence-corrected chi connectivity index (χ3v) is 3.76. The van der Waals surface area contributed by atoms with Crippen LogP contribution in [-0.2, 0) is 0 Å². The number of nitrogens with zero attached hydrogens (tertiary/aromatic N) is 1. The number of benzene rings is 1. The zero-order chi connectivity index (χ0) is 11.5. The van der Waals surface area contributed by atoms with Gasteiger partial charge in [0.25, 0.3) is 5.91 Å². The fraction of sp³-hybridized carbons (Fsp3) is 0. The van der Waals surface area contributed by atoms with E-state index in [1.54, 1.807) is 29.8 Å². The maximum absolute atomic E-state index is 11.8. The lowest BCUT2D eigenvalue weighted by Gasteiger charge is -2.03. The van der Waals surface area contributed by atoms with E-state index in [2.05, 4.69) is 26.2 Å². The molecule has 1 amide bonds. The summed E-state index contributed by atoms with van der Waals surface area (Å²) in [6.45, 7) is 0. The number of thiazole rings is 1. The van der Waals surface area contributed by atoms with Crippen LogP contribution in [0, 0.1) is 0 Å². The number of carbonyl (C=O) groups is 1. The minimum atomic E-state index is -0.218. The molecule has 0 saturated heterocycles. The van der Waals surface area contributed by atoms with Gasteiger partial charge in [-0.25, -0.2) is 4.98 Å². The summed E-state index contributed by atoms with van der Waals surface area (Å²) in [6.07, 6.45) is 1.63. The predicted octanol–water partition coefficient (Wildman–Crippen LogP) is 3.81. The molecule has 0 saturated carbocycles. The van der Waals surface area contributed by atoms with Crippen LogP contribution in [-0.4, -0.2) is 10.9 Å². The van der Waals surface area contributed by atoms with Crippen molar-refractivity contribution in [1.29, 1.82) is 0 Å². The molecule has 6 heteroatoms. The van der Waals surface area contributed by atoms with Crippen LogP contribution in [0.2, 0.25) is 5.02 Å². The molecular formula is C10H6BrClN2OS. The highest BCUT2D eigenvalue weighted by molar-refractivity contribution is 9.10. The molecule has 1 heterocycles. The Hall–Kier alpha value is -0.910. The minimum absolute atomic E-state index is 0.218. The lowest BCUT2D eigenvalue weighted by Crippen LogP contribution is -2.11. The van der Waals surface area contributed by atoms with E-state index in [1.807, 2.05) is 0 Å². The number of amides is 1. The van der Waals surface area contributed by atoms with Gasteiger partial charge in [0, 0.05) is 21.6 Å². The van der Waals surface area contributed by atoms with E-state index in [9.17, 15) is 4.79 Å². The number of anilines is 1. The fourth-order valence-electron chi connectivity index (χ4n) is 1.09. The Morgan fingerprint density at radius 2 is 2.31 bits per heavy atom. The van der Waals surface area contributed by atoms with Gasteiger partial charge in [-0.3, -0.25) is 10.1 Å². The lowest BCUT2D eigenvalue weighted by atomic mass is 10.2. The molecule has 0 spiro atoms. The Kier molecular flexibility index (Phi) is 3.58. The van der Waals surface area contributed by atoms with Crippen molar-refractivity contribution in [2.75, 3.05) is 5.32 Å². The molecule has 3 nitrogen and oxygen atoms in total. The van der Waals surface area contributed by atoms with Crippen LogP contribution in [0.3, 0.4) is 0 Å². The largest absolute Gasteiger partial charge is 0.298 e. The predicted molar refractivity (Wildman–Crippen MR) is 69.2 cm³/mol. The van der Waals surface area contributed by atoms with Gasteiger partial charge in [-0.2, -0.15) is 0 Å². The van der Waals surface area contributed by atoms with Crippen LogP contribution in [0.1, 0.15) is 10.4 Å². The van der Waals surface area contributed by atoms with Gasteiger partial charge >= 0.3 is 0 Å². The van der Waals surface area contributed by atoms with Gasteiger partial charge in [0.05, 0.1) is 5.02 Å². The molecule has 0 fully saturated rings. The molecular weight excluding hydrogens is 312 g/mol. The first kappa shape index (κ1) is 11.6. The van der Waals surface area contributed by atoms with Crippen LogP contribution < -0.4 is 5.32 Å². The van der Waals surface area contributed by atoms with Gasteiger partial charge in [0.1, 0.15) is 0 Å². The first-order chi connectivity index (χ1) is 7.66. The number of aromatic nitrogens is 1. The Balaban J connectivity index is 2.18. The molecule has 0 aliphatic heterocycles. The zero-order valence-corrected chi connectivity index (χ0v) is 11.1. The normalized spacial score (nSPS) is 10.1. The average molecular weight is 318 g/mol. The molecule has 0 aliphatic rings. The Morgan fingerprint density at radius 1 is 1.50 bits per heavy atom. The number of halogens is 2. The van der Waals surface area contributed by atoms with Gasteiger partial charge in [-0.05, 0) is 34.1 Å². The molecule has 0 unspecified atom stereocenters. The van der Waals surface area contributed by atoms with Crippen molar-refractivity contribution in [3.05, 3.63) is 44.8 Å². The summed E-state index contributed by atoms with van der Waals surface area (Å²) >= 11 is 10.5. The van der Waals surface area contributed by atoms with Gasteiger partial charge in [-0.1, -0.05) is 11.6 Å². The monoisotopic (exact) mass is 316 g/mol. The summed E-state index contributed by atoms with van der Waals surface area (Å²) in [7, 11) is 0. The maximum Gasteiger partial charge on any atom is 0.257 e. The number of hydrogen-bond acceptors (Lipinski definition) is 3. The van der Waals surface area contributed by atoms with E-state index in [0.29, 0.717) is 15.7 Å². The number of nitrogens with one attached hydrogen (secondary N) is 1. The first-order valence-electron chi connectivity index (χ1n) is 4.33. The van der Waals surface area contributed by atoms with Gasteiger partial charge < -0.3 is 0 Å². The molecule has 0 bridgehead atoms. The lowest BCUT2D eigenvalue weighted by molar-refractivity contribution is 0.102. The Labute approximate surface area is 110 Å². The summed E-state index contributed by atoms with van der Waals surface area (Å²) < 4.78 is 0.764. The molecule has 0 radical (unpaired) electrons. The standard InChI is InChI=1S/C10H6BrClN2OS/c11-7-2-1-6(5-8(7)12)9(15)14-10-13-3-4-16-10/h1-5H,(H,13,14,15). The Morgan fingerprint density at radius 3 is 2.94 bits per heavy atom. The molecule has 1 aromatic carbocycles. The van der Waals surface area contributed by atoms with Crippen molar-refractivity contribution in [1.82, 2.24) is 4.98 Å². The highest BCUT2D eigenvalue weighted by atomic mass is 79.9. The summed E-state index contributed by atoms with van der Waals surface area (Å²) in [4.78, 5) is 15.7. The van der Waals surface area contributed by atoms with Gasteiger partial charge in [0.2, 0.25) is 0 Å². The minimum Gasteiger partial charge on any atom is -0.298 e. The molecule has 0 atom stereocenters. The van der Waals surface area contributed by atoms with Crippen LogP contribution in [0.5, 0.6) is 0 Å². The van der Waals surface area contributed by atoms with Crippen LogP contribution >= 0.6 is 38.9 Å². The third-order valence-electron chi connectivity index (χ3n) is 1.83. The molecule has 1 aromatic heterocycles. The van der Waals surface area contributed by atoms with Crippen molar-refractivity contribution in [2.45, 2.75) is 0 Å². The van der Waals surface area contributed by atoms with Crippen molar-refractivity contribution < 1.29 is 4.79 Å². The third kappa shape index (κ3) is 2.61. The molecule has 82 valence electrons. The number of hydrogen-bond donors (Lipinski definition) is 1. The zero-order valence-electron chi connectivity index (χ0n) is 7.91. The molecule has 16 heavy (non-hydrogen) atoms. The van der Waals surface area contributed by atoms with Crippen molar-refractivity contribution in [3.63, 3.8) is 0 Å². The summed E-state index contributed by atoms with van der Waals surface area (Å²) in [5.74, 6) is -0.218. The number of rotatable bonds is 2. The average Bonchev–Trinajstić information content (AvgIpc) is 2.74. The van der Waals surface area contributed by atoms with Crippen LogP contribution in [0.15, 0.2) is 34.2 Å². The first-order valence-corrected chi connectivity index (χ1v) is 6.38.